The molecular formula is C26H34N4O5S. The second-order valence-corrected chi connectivity index (χ2v) is 11.6. The number of fused-ring (bicyclic) bond motifs is 1. The molecule has 9 nitrogen and oxygen atoms in total. The third kappa shape index (κ3) is 5.82. The van der Waals surface area contributed by atoms with Crippen LogP contribution in [0, 0.1) is 19.8 Å². The lowest BCUT2D eigenvalue weighted by atomic mass is 9.84. The van der Waals surface area contributed by atoms with Crippen LogP contribution >= 0.6 is 0 Å². The van der Waals surface area contributed by atoms with E-state index < -0.39 is 10.0 Å². The van der Waals surface area contributed by atoms with E-state index in [9.17, 15) is 18.0 Å². The van der Waals surface area contributed by atoms with E-state index in [1.54, 1.807) is 7.11 Å². The van der Waals surface area contributed by atoms with Gasteiger partial charge in [0.15, 0.2) is 0 Å². The van der Waals surface area contributed by atoms with Gasteiger partial charge in [-0.3, -0.25) is 4.79 Å². The Bertz CT molecular complexity index is 1270. The lowest BCUT2D eigenvalue weighted by Gasteiger charge is -2.40. The highest BCUT2D eigenvalue weighted by atomic mass is 32.2. The monoisotopic (exact) mass is 514 g/mol. The van der Waals surface area contributed by atoms with Crippen LogP contribution in [0.1, 0.15) is 47.9 Å². The molecule has 2 aliphatic rings. The van der Waals surface area contributed by atoms with Crippen molar-refractivity contribution in [2.45, 2.75) is 58.7 Å². The smallest absolute Gasteiger partial charge is 0.322 e. The van der Waals surface area contributed by atoms with Gasteiger partial charge in [-0.1, -0.05) is 18.2 Å². The second-order valence-electron chi connectivity index (χ2n) is 9.73. The number of amides is 3. The van der Waals surface area contributed by atoms with Gasteiger partial charge in [-0.25, -0.2) is 17.9 Å². The first-order valence-electron chi connectivity index (χ1n) is 12.1. The molecule has 0 saturated heterocycles. The fourth-order valence-corrected chi connectivity index (χ4v) is 5.44. The van der Waals surface area contributed by atoms with Crippen molar-refractivity contribution >= 4 is 33.3 Å². The van der Waals surface area contributed by atoms with Crippen LogP contribution in [0.4, 0.5) is 16.2 Å². The number of carbonyl (C=O) groups excluding carboxylic acids is 2. The van der Waals surface area contributed by atoms with Gasteiger partial charge in [-0.2, -0.15) is 0 Å². The Hall–Kier alpha value is -3.11. The number of rotatable bonds is 7. The molecule has 1 saturated carbocycles. The molecule has 0 unspecified atom stereocenters. The maximum Gasteiger partial charge on any atom is 0.322 e. The molecule has 1 heterocycles. The molecule has 0 spiro atoms. The number of anilines is 2. The van der Waals surface area contributed by atoms with E-state index in [4.69, 9.17) is 4.74 Å². The average molecular weight is 515 g/mol. The first-order valence-corrected chi connectivity index (χ1v) is 14.0. The molecule has 4 rings (SSSR count). The number of nitrogens with zero attached hydrogens (tertiary/aromatic N) is 1. The van der Waals surface area contributed by atoms with Crippen LogP contribution in [0.5, 0.6) is 5.75 Å². The van der Waals surface area contributed by atoms with Gasteiger partial charge < -0.3 is 20.3 Å². The van der Waals surface area contributed by atoms with Crippen LogP contribution in [-0.2, 0) is 27.9 Å². The van der Waals surface area contributed by atoms with Crippen molar-refractivity contribution in [1.82, 2.24) is 9.62 Å². The Kier molecular flexibility index (Phi) is 7.56. The highest BCUT2D eigenvalue weighted by Crippen LogP contribution is 2.35. The van der Waals surface area contributed by atoms with Crippen molar-refractivity contribution in [1.29, 1.82) is 0 Å². The summed E-state index contributed by atoms with van der Waals surface area (Å²) in [4.78, 5) is 27.8. The number of benzene rings is 2. The zero-order valence-electron chi connectivity index (χ0n) is 21.2. The number of hydrogen-bond donors (Lipinski definition) is 3. The Morgan fingerprint density at radius 2 is 1.81 bits per heavy atom. The van der Waals surface area contributed by atoms with Crippen molar-refractivity contribution in [3.05, 3.63) is 52.6 Å². The average Bonchev–Trinajstić information content (AvgIpc) is 2.84. The Morgan fingerprint density at radius 3 is 2.47 bits per heavy atom. The lowest BCUT2D eigenvalue weighted by molar-refractivity contribution is -0.121. The molecule has 0 radical (unpaired) electrons. The van der Waals surface area contributed by atoms with Gasteiger partial charge in [0, 0.05) is 30.3 Å². The summed E-state index contributed by atoms with van der Waals surface area (Å²) in [6.07, 6.45) is 4.00. The number of hydrogen-bond acceptors (Lipinski definition) is 5. The number of ether oxygens (including phenoxy) is 1. The number of methoxy groups -OCH3 is 1. The van der Waals surface area contributed by atoms with E-state index in [-0.39, 0.29) is 30.4 Å². The molecule has 36 heavy (non-hydrogen) atoms. The van der Waals surface area contributed by atoms with Crippen LogP contribution in [0.15, 0.2) is 30.3 Å². The summed E-state index contributed by atoms with van der Waals surface area (Å²) in [5.41, 5.74) is 5.19. The molecule has 3 amide bonds. The van der Waals surface area contributed by atoms with Gasteiger partial charge in [0.25, 0.3) is 0 Å². The third-order valence-corrected chi connectivity index (χ3v) is 7.83. The third-order valence-electron chi connectivity index (χ3n) is 7.16. The quantitative estimate of drug-likeness (QED) is 0.518. The highest BCUT2D eigenvalue weighted by molar-refractivity contribution is 7.88. The van der Waals surface area contributed by atoms with Gasteiger partial charge >= 0.3 is 6.03 Å². The van der Waals surface area contributed by atoms with Crippen molar-refractivity contribution in [2.75, 3.05) is 24.0 Å². The molecule has 0 atom stereocenters. The van der Waals surface area contributed by atoms with Crippen LogP contribution in [0.2, 0.25) is 0 Å². The maximum atomic E-state index is 13.1. The summed E-state index contributed by atoms with van der Waals surface area (Å²) >= 11 is 0. The maximum absolute atomic E-state index is 13.1. The van der Waals surface area contributed by atoms with Crippen LogP contribution < -0.4 is 20.1 Å². The minimum Gasteiger partial charge on any atom is -0.496 e. The number of nitrogens with one attached hydrogen (secondary N) is 3. The minimum absolute atomic E-state index is 0.00772. The molecule has 10 heteroatoms. The predicted octanol–water partition coefficient (Wildman–Crippen LogP) is 3.91. The first-order chi connectivity index (χ1) is 17.1. The van der Waals surface area contributed by atoms with E-state index in [0.717, 1.165) is 47.1 Å². The fraction of sp³-hybridized carbons (Fsp3) is 0.462. The van der Waals surface area contributed by atoms with E-state index in [0.29, 0.717) is 30.8 Å². The molecule has 194 valence electrons. The molecule has 0 bridgehead atoms. The normalized spacial score (nSPS) is 19.9. The van der Waals surface area contributed by atoms with Crippen LogP contribution in [-0.4, -0.2) is 44.7 Å². The van der Waals surface area contributed by atoms with Crippen molar-refractivity contribution in [3.8, 4) is 5.75 Å². The summed E-state index contributed by atoms with van der Waals surface area (Å²) in [5.74, 6) is 0.620. The molecule has 3 N–H and O–H groups in total. The summed E-state index contributed by atoms with van der Waals surface area (Å²) in [6, 6.07) is 9.27. The van der Waals surface area contributed by atoms with E-state index in [2.05, 4.69) is 15.4 Å². The van der Waals surface area contributed by atoms with Crippen molar-refractivity contribution in [3.63, 3.8) is 0 Å². The molecule has 2 aromatic rings. The fourth-order valence-electron chi connectivity index (χ4n) is 5.02. The Morgan fingerprint density at radius 1 is 1.11 bits per heavy atom. The second kappa shape index (κ2) is 10.5. The number of sulfonamides is 1. The zero-order chi connectivity index (χ0) is 26.0. The van der Waals surface area contributed by atoms with Crippen molar-refractivity contribution < 1.29 is 22.7 Å². The molecule has 0 aromatic heterocycles. The molecule has 1 aliphatic heterocycles. The topological polar surface area (TPSA) is 117 Å². The van der Waals surface area contributed by atoms with E-state index >= 15 is 0 Å². The summed E-state index contributed by atoms with van der Waals surface area (Å²) < 4.78 is 30.9. The number of carbonyl (C=O) groups is 2. The summed E-state index contributed by atoms with van der Waals surface area (Å²) in [6.45, 7) is 4.53. The first kappa shape index (κ1) is 26.0. The summed E-state index contributed by atoms with van der Waals surface area (Å²) in [7, 11) is -1.74. The van der Waals surface area contributed by atoms with Gasteiger partial charge in [-0.15, -0.1) is 0 Å². The zero-order valence-corrected chi connectivity index (χ0v) is 22.0. The standard InChI is InChI=1S/C26H34N4O5S/c1-16-5-7-19(14-27-36(4,33)34)24-22(16)15-30(26(32)29-24)21-11-8-18(9-12-21)25(31)28-20-10-6-17(2)23(13-20)35-3/h5-7,10,13,18,21,27H,8-9,11-12,14-15H2,1-4H3,(H,28,31)(H,29,32). The van der Waals surface area contributed by atoms with Gasteiger partial charge in [0.05, 0.1) is 25.6 Å². The SMILES string of the molecule is COc1cc(NC(=O)C2CCC(N3Cc4c(C)ccc(CNS(C)(=O)=O)c4NC3=O)CC2)ccc1C. The van der Waals surface area contributed by atoms with Gasteiger partial charge in [-0.05, 0) is 67.9 Å². The van der Waals surface area contributed by atoms with Crippen molar-refractivity contribution in [2.24, 2.45) is 5.92 Å². The van der Waals surface area contributed by atoms with E-state index in [1.165, 1.54) is 0 Å². The summed E-state index contributed by atoms with van der Waals surface area (Å²) in [5, 5.41) is 6.00. The minimum atomic E-state index is -3.35. The molecular weight excluding hydrogens is 480 g/mol. The van der Waals surface area contributed by atoms with Crippen LogP contribution in [0.25, 0.3) is 0 Å². The molecule has 1 aliphatic carbocycles. The Labute approximate surface area is 212 Å². The lowest BCUT2D eigenvalue weighted by Crippen LogP contribution is -2.47. The van der Waals surface area contributed by atoms with Gasteiger partial charge in [0.2, 0.25) is 15.9 Å². The predicted molar refractivity (Wildman–Crippen MR) is 140 cm³/mol. The largest absolute Gasteiger partial charge is 0.496 e. The molecule has 2 aromatic carbocycles. The highest BCUT2D eigenvalue weighted by Gasteiger charge is 2.35. The van der Waals surface area contributed by atoms with Crippen LogP contribution in [0.3, 0.4) is 0 Å². The molecule has 1 fully saturated rings. The Balaban J connectivity index is 1.39. The van der Waals surface area contributed by atoms with E-state index in [1.807, 2.05) is 49.1 Å². The van der Waals surface area contributed by atoms with Gasteiger partial charge in [0.1, 0.15) is 5.75 Å². The number of urea groups is 1. The number of aryl methyl sites for hydroxylation is 2.